The number of hydrogen-bond donors (Lipinski definition) is 2. The molecule has 0 nitrogen and oxygen atoms in total. The average molecular weight is 301 g/mol. The fourth-order valence-corrected chi connectivity index (χ4v) is 5.70. The van der Waals surface area contributed by atoms with Crippen molar-refractivity contribution in [3.63, 3.8) is 0 Å². The summed E-state index contributed by atoms with van der Waals surface area (Å²) in [5, 5.41) is 0. The molecule has 0 aromatic rings. The van der Waals surface area contributed by atoms with Crippen molar-refractivity contribution in [3.8, 4) is 0 Å². The fourth-order valence-electron chi connectivity index (χ4n) is 1.54. The molecule has 0 aromatic heterocycles. The third-order valence-electron chi connectivity index (χ3n) is 2.43. The zero-order valence-electron chi connectivity index (χ0n) is 9.26. The van der Waals surface area contributed by atoms with E-state index >= 15 is 0 Å². The molecule has 90 valence electrons. The summed E-state index contributed by atoms with van der Waals surface area (Å²) < 4.78 is 0.959. The first-order valence-corrected chi connectivity index (χ1v) is 9.55. The van der Waals surface area contributed by atoms with E-state index in [9.17, 15) is 0 Å². The lowest BCUT2D eigenvalue weighted by molar-refractivity contribution is 0.510. The summed E-state index contributed by atoms with van der Waals surface area (Å²) in [4.78, 5) is 0. The quantitative estimate of drug-likeness (QED) is 0.563. The van der Waals surface area contributed by atoms with Crippen molar-refractivity contribution in [1.29, 1.82) is 0 Å². The molecule has 1 rings (SSSR count). The van der Waals surface area contributed by atoms with E-state index < -0.39 is 0 Å². The van der Waals surface area contributed by atoms with Crippen molar-refractivity contribution in [3.05, 3.63) is 0 Å². The lowest BCUT2D eigenvalue weighted by atomic mass is 10.0. The van der Waals surface area contributed by atoms with Gasteiger partial charge in [0.25, 0.3) is 0 Å². The van der Waals surface area contributed by atoms with Gasteiger partial charge in [0.1, 0.15) is 0 Å². The van der Waals surface area contributed by atoms with E-state index in [2.05, 4.69) is 50.9 Å². The van der Waals surface area contributed by atoms with E-state index in [-0.39, 0.29) is 0 Å². The van der Waals surface area contributed by atoms with E-state index in [0.717, 1.165) is 11.8 Å². The van der Waals surface area contributed by atoms with Gasteiger partial charge in [-0.2, -0.15) is 37.0 Å². The Morgan fingerprint density at radius 1 is 1.07 bits per heavy atom. The van der Waals surface area contributed by atoms with Crippen LogP contribution in [0.1, 0.15) is 13.8 Å². The molecule has 5 heteroatoms. The maximum atomic E-state index is 4.42. The topological polar surface area (TPSA) is 0 Å². The second-order valence-electron chi connectivity index (χ2n) is 3.92. The molecule has 0 aromatic carbocycles. The van der Waals surface area contributed by atoms with Gasteiger partial charge in [-0.1, -0.05) is 0 Å². The van der Waals surface area contributed by atoms with E-state index in [1.54, 1.807) is 0 Å². The zero-order chi connectivity index (χ0) is 11.3. The highest BCUT2D eigenvalue weighted by Gasteiger charge is 2.28. The number of rotatable bonds is 6. The molecule has 0 bridgehead atoms. The van der Waals surface area contributed by atoms with Crippen molar-refractivity contribution in [2.24, 2.45) is 11.8 Å². The molecule has 4 unspecified atom stereocenters. The van der Waals surface area contributed by atoms with Crippen LogP contribution in [0.4, 0.5) is 0 Å². The summed E-state index contributed by atoms with van der Waals surface area (Å²) in [6.07, 6.45) is 0. The SMILES string of the molecule is CC(S)SCC1CSCC1CSC(C)S. The van der Waals surface area contributed by atoms with Crippen LogP contribution in [0.3, 0.4) is 0 Å². The maximum Gasteiger partial charge on any atom is 0.0444 e. The van der Waals surface area contributed by atoms with Crippen molar-refractivity contribution in [1.82, 2.24) is 0 Å². The van der Waals surface area contributed by atoms with Gasteiger partial charge in [-0.15, -0.1) is 23.5 Å². The predicted octanol–water partition coefficient (Wildman–Crippen LogP) is 3.98. The first-order valence-electron chi connectivity index (χ1n) is 5.26. The first kappa shape index (κ1) is 14.8. The minimum Gasteiger partial charge on any atom is -0.165 e. The van der Waals surface area contributed by atoms with E-state index in [0.29, 0.717) is 9.16 Å². The van der Waals surface area contributed by atoms with E-state index in [4.69, 9.17) is 0 Å². The van der Waals surface area contributed by atoms with E-state index in [1.807, 2.05) is 23.5 Å². The standard InChI is InChI=1S/C10H20S5/c1-7(11)14-5-9-3-13-4-10(9)6-15-8(2)12/h7-12H,3-6H2,1-2H3. The normalized spacial score (nSPS) is 30.4. The maximum absolute atomic E-state index is 4.42. The summed E-state index contributed by atoms with van der Waals surface area (Å²) in [6, 6.07) is 0. The summed E-state index contributed by atoms with van der Waals surface area (Å²) in [6.45, 7) is 4.32. The Morgan fingerprint density at radius 3 is 1.80 bits per heavy atom. The first-order chi connectivity index (χ1) is 7.09. The van der Waals surface area contributed by atoms with Gasteiger partial charge in [0.15, 0.2) is 0 Å². The minimum absolute atomic E-state index is 0.479. The largest absolute Gasteiger partial charge is 0.165 e. The Morgan fingerprint density at radius 2 is 1.47 bits per heavy atom. The van der Waals surface area contributed by atoms with Crippen molar-refractivity contribution < 1.29 is 0 Å². The summed E-state index contributed by atoms with van der Waals surface area (Å²) >= 11 is 14.9. The van der Waals surface area contributed by atoms with Crippen molar-refractivity contribution in [2.45, 2.75) is 23.0 Å². The highest BCUT2D eigenvalue weighted by Crippen LogP contribution is 2.36. The predicted molar refractivity (Wildman–Crippen MR) is 86.1 cm³/mol. The van der Waals surface area contributed by atoms with Gasteiger partial charge in [-0.25, -0.2) is 0 Å². The molecule has 15 heavy (non-hydrogen) atoms. The summed E-state index contributed by atoms with van der Waals surface area (Å²) in [5.41, 5.74) is 0. The second-order valence-corrected chi connectivity index (χ2v) is 9.99. The van der Waals surface area contributed by atoms with Crippen LogP contribution in [-0.2, 0) is 0 Å². The molecular weight excluding hydrogens is 280 g/mol. The van der Waals surface area contributed by atoms with Gasteiger partial charge >= 0.3 is 0 Å². The van der Waals surface area contributed by atoms with Crippen LogP contribution in [0.2, 0.25) is 0 Å². The highest BCUT2D eigenvalue weighted by atomic mass is 32.2. The molecule has 0 N–H and O–H groups in total. The van der Waals surface area contributed by atoms with E-state index in [1.165, 1.54) is 23.0 Å². The Kier molecular flexibility index (Phi) is 7.86. The molecule has 1 saturated heterocycles. The minimum atomic E-state index is 0.479. The Labute approximate surface area is 118 Å². The van der Waals surface area contributed by atoms with Crippen LogP contribution < -0.4 is 0 Å². The van der Waals surface area contributed by atoms with Crippen LogP contribution in [0.15, 0.2) is 0 Å². The Hall–Kier alpha value is 1.75. The molecule has 1 fully saturated rings. The molecule has 0 radical (unpaired) electrons. The van der Waals surface area contributed by atoms with Crippen molar-refractivity contribution >= 4 is 60.5 Å². The summed E-state index contributed by atoms with van der Waals surface area (Å²) in [7, 11) is 0. The van der Waals surface area contributed by atoms with Crippen molar-refractivity contribution in [2.75, 3.05) is 23.0 Å². The highest BCUT2D eigenvalue weighted by molar-refractivity contribution is 8.10. The van der Waals surface area contributed by atoms with Crippen LogP contribution in [0, 0.1) is 11.8 Å². The Balaban J connectivity index is 2.23. The molecule has 4 atom stereocenters. The van der Waals surface area contributed by atoms with Gasteiger partial charge in [-0.3, -0.25) is 0 Å². The van der Waals surface area contributed by atoms with Crippen LogP contribution in [-0.4, -0.2) is 32.2 Å². The monoisotopic (exact) mass is 300 g/mol. The van der Waals surface area contributed by atoms with Crippen LogP contribution in [0.25, 0.3) is 0 Å². The van der Waals surface area contributed by atoms with Gasteiger partial charge < -0.3 is 0 Å². The average Bonchev–Trinajstić information content (AvgIpc) is 2.58. The van der Waals surface area contributed by atoms with Gasteiger partial charge in [-0.05, 0) is 48.7 Å². The van der Waals surface area contributed by atoms with Gasteiger partial charge in [0.05, 0.1) is 0 Å². The Bertz CT molecular complexity index is 153. The smallest absolute Gasteiger partial charge is 0.0444 e. The molecule has 0 amide bonds. The molecule has 1 aliphatic heterocycles. The number of thioether (sulfide) groups is 3. The lowest BCUT2D eigenvalue weighted by Crippen LogP contribution is -2.18. The molecule has 1 heterocycles. The molecule has 0 spiro atoms. The fraction of sp³-hybridized carbons (Fsp3) is 1.00. The number of hydrogen-bond acceptors (Lipinski definition) is 5. The number of thiol groups is 2. The molecular formula is C10H20S5. The van der Waals surface area contributed by atoms with Crippen LogP contribution in [0.5, 0.6) is 0 Å². The third-order valence-corrected chi connectivity index (χ3v) is 6.86. The zero-order valence-corrected chi connectivity index (χ0v) is 13.5. The molecule has 0 saturated carbocycles. The van der Waals surface area contributed by atoms with Crippen LogP contribution >= 0.6 is 60.5 Å². The van der Waals surface area contributed by atoms with Gasteiger partial charge in [0, 0.05) is 9.16 Å². The third kappa shape index (κ3) is 6.29. The second kappa shape index (κ2) is 7.96. The summed E-state index contributed by atoms with van der Waals surface area (Å²) in [5.74, 6) is 7.05. The molecule has 1 aliphatic rings. The lowest BCUT2D eigenvalue weighted by Gasteiger charge is -2.19. The van der Waals surface area contributed by atoms with Gasteiger partial charge in [0.2, 0.25) is 0 Å². The molecule has 0 aliphatic carbocycles.